The molecule has 0 aromatic heterocycles. The van der Waals surface area contributed by atoms with Crippen LogP contribution in [-0.2, 0) is 28.6 Å². The van der Waals surface area contributed by atoms with E-state index in [0.717, 1.165) is 89.9 Å². The van der Waals surface area contributed by atoms with Gasteiger partial charge in [-0.1, -0.05) is 205 Å². The molecule has 0 aliphatic rings. The lowest BCUT2D eigenvalue weighted by atomic mass is 10.0. The van der Waals surface area contributed by atoms with Crippen molar-refractivity contribution < 1.29 is 28.6 Å². The lowest BCUT2D eigenvalue weighted by Gasteiger charge is -2.18. The molecule has 0 aliphatic heterocycles. The van der Waals surface area contributed by atoms with Crippen molar-refractivity contribution in [3.8, 4) is 0 Å². The Labute approximate surface area is 359 Å². The third-order valence-electron chi connectivity index (χ3n) is 10.9. The topological polar surface area (TPSA) is 78.9 Å². The van der Waals surface area contributed by atoms with Gasteiger partial charge in [0.15, 0.2) is 6.10 Å². The van der Waals surface area contributed by atoms with Gasteiger partial charge in [-0.15, -0.1) is 0 Å². The van der Waals surface area contributed by atoms with Crippen LogP contribution in [0, 0.1) is 0 Å². The highest BCUT2D eigenvalue weighted by Crippen LogP contribution is 2.15. The van der Waals surface area contributed by atoms with Gasteiger partial charge in [-0.05, 0) is 70.6 Å². The maximum absolute atomic E-state index is 12.8. The molecule has 0 N–H and O–H groups in total. The Morgan fingerprint density at radius 2 is 0.638 bits per heavy atom. The largest absolute Gasteiger partial charge is 0.462 e. The number of hydrogen-bond acceptors (Lipinski definition) is 6. The molecule has 0 rings (SSSR count). The van der Waals surface area contributed by atoms with E-state index < -0.39 is 6.10 Å². The minimum atomic E-state index is -0.777. The Morgan fingerprint density at radius 1 is 0.345 bits per heavy atom. The van der Waals surface area contributed by atoms with Crippen molar-refractivity contribution in [2.75, 3.05) is 13.2 Å². The van der Waals surface area contributed by atoms with Crippen LogP contribution in [-0.4, -0.2) is 37.2 Å². The first kappa shape index (κ1) is 55.6. The molecule has 1 atom stereocenters. The van der Waals surface area contributed by atoms with E-state index in [-0.39, 0.29) is 31.1 Å². The summed E-state index contributed by atoms with van der Waals surface area (Å²) in [6.45, 7) is 6.57. The van der Waals surface area contributed by atoms with Gasteiger partial charge in [0.2, 0.25) is 0 Å². The van der Waals surface area contributed by atoms with E-state index in [4.69, 9.17) is 14.2 Å². The lowest BCUT2D eigenvalue weighted by Crippen LogP contribution is -2.30. The molecule has 0 saturated carbocycles. The molecule has 58 heavy (non-hydrogen) atoms. The fraction of sp³-hybridized carbons (Fsp3) is 0.827. The van der Waals surface area contributed by atoms with Gasteiger partial charge in [-0.3, -0.25) is 14.4 Å². The molecule has 338 valence electrons. The van der Waals surface area contributed by atoms with Crippen molar-refractivity contribution >= 4 is 17.9 Å². The first-order valence-electron chi connectivity index (χ1n) is 25.0. The predicted molar refractivity (Wildman–Crippen MR) is 247 cm³/mol. The van der Waals surface area contributed by atoms with E-state index in [1.165, 1.54) is 128 Å². The van der Waals surface area contributed by atoms with Gasteiger partial charge in [0, 0.05) is 19.3 Å². The van der Waals surface area contributed by atoms with E-state index in [1.807, 2.05) is 0 Å². The van der Waals surface area contributed by atoms with Crippen LogP contribution < -0.4 is 0 Å². The highest BCUT2D eigenvalue weighted by molar-refractivity contribution is 5.71. The van der Waals surface area contributed by atoms with Crippen LogP contribution in [0.1, 0.15) is 258 Å². The summed E-state index contributed by atoms with van der Waals surface area (Å²) in [6, 6.07) is 0. The zero-order valence-corrected chi connectivity index (χ0v) is 38.6. The fourth-order valence-corrected chi connectivity index (χ4v) is 7.04. The summed E-state index contributed by atoms with van der Waals surface area (Å²) in [5.41, 5.74) is 0. The summed E-state index contributed by atoms with van der Waals surface area (Å²) in [6.07, 6.45) is 54.0. The molecule has 0 heterocycles. The molecule has 0 bridgehead atoms. The minimum Gasteiger partial charge on any atom is -0.462 e. The monoisotopic (exact) mass is 815 g/mol. The van der Waals surface area contributed by atoms with Crippen molar-refractivity contribution in [3.63, 3.8) is 0 Å². The van der Waals surface area contributed by atoms with Crippen molar-refractivity contribution in [2.45, 2.75) is 264 Å². The van der Waals surface area contributed by atoms with Gasteiger partial charge in [-0.25, -0.2) is 0 Å². The number of carbonyl (C=O) groups excluding carboxylic acids is 3. The van der Waals surface area contributed by atoms with Gasteiger partial charge in [0.1, 0.15) is 13.2 Å². The van der Waals surface area contributed by atoms with Crippen LogP contribution in [0.2, 0.25) is 0 Å². The summed E-state index contributed by atoms with van der Waals surface area (Å²) in [7, 11) is 0. The fourth-order valence-electron chi connectivity index (χ4n) is 7.04. The highest BCUT2D eigenvalue weighted by Gasteiger charge is 2.19. The van der Waals surface area contributed by atoms with Gasteiger partial charge in [0.25, 0.3) is 0 Å². The SMILES string of the molecule is CCCC/C=C\C/C=C\CCCCCCCC(=O)OC[C@@H](COC(=O)CCCCCCCCCCCCCCC)OC(=O)CCCCCCC/C=C\CCCCCC. The summed E-state index contributed by atoms with van der Waals surface area (Å²) in [5.74, 6) is -0.894. The van der Waals surface area contributed by atoms with Crippen LogP contribution in [0.4, 0.5) is 0 Å². The molecule has 0 saturated heterocycles. The molecule has 0 radical (unpaired) electrons. The lowest BCUT2D eigenvalue weighted by molar-refractivity contribution is -0.167. The zero-order valence-electron chi connectivity index (χ0n) is 38.6. The van der Waals surface area contributed by atoms with Gasteiger partial charge in [0.05, 0.1) is 0 Å². The Bertz CT molecular complexity index is 984. The van der Waals surface area contributed by atoms with Gasteiger partial charge < -0.3 is 14.2 Å². The second-order valence-corrected chi connectivity index (χ2v) is 16.7. The summed E-state index contributed by atoms with van der Waals surface area (Å²) in [4.78, 5) is 37.9. The molecule has 0 spiro atoms. The molecular weight excluding hydrogens is 721 g/mol. The standard InChI is InChI=1S/C52H94O6/c1-4-7-10-13-16-19-22-25-28-30-33-36-39-42-45-51(54)57-48-49(58-52(55)46-43-40-37-34-31-27-24-21-18-15-12-9-6-3)47-56-50(53)44-41-38-35-32-29-26-23-20-17-14-11-8-5-2/h13,16,21-22,24-25,49H,4-12,14-15,17-20,23,26-48H2,1-3H3/b16-13-,24-21-,25-22-/t49-/m1/s1. The third kappa shape index (κ3) is 44.7. The molecule has 6 nitrogen and oxygen atoms in total. The number of allylic oxidation sites excluding steroid dienone is 6. The molecule has 0 fully saturated rings. The van der Waals surface area contributed by atoms with Crippen LogP contribution in [0.25, 0.3) is 0 Å². The quantitative estimate of drug-likeness (QED) is 0.0264. The average Bonchev–Trinajstić information content (AvgIpc) is 3.22. The Kier molecular flexibility index (Phi) is 45.4. The maximum atomic E-state index is 12.8. The summed E-state index contributed by atoms with van der Waals surface area (Å²) in [5, 5.41) is 0. The number of esters is 3. The number of unbranched alkanes of at least 4 members (excludes halogenated alkanes) is 28. The Balaban J connectivity index is 4.39. The molecule has 0 aromatic carbocycles. The number of rotatable bonds is 45. The van der Waals surface area contributed by atoms with E-state index in [9.17, 15) is 14.4 Å². The molecule has 0 unspecified atom stereocenters. The summed E-state index contributed by atoms with van der Waals surface area (Å²) >= 11 is 0. The number of carbonyl (C=O) groups is 3. The molecule has 0 aromatic rings. The molecular formula is C52H94O6. The second kappa shape index (κ2) is 47.3. The van der Waals surface area contributed by atoms with Crippen molar-refractivity contribution in [2.24, 2.45) is 0 Å². The van der Waals surface area contributed by atoms with Crippen molar-refractivity contribution in [1.82, 2.24) is 0 Å². The van der Waals surface area contributed by atoms with E-state index in [1.54, 1.807) is 0 Å². The Morgan fingerprint density at radius 3 is 1.03 bits per heavy atom. The van der Waals surface area contributed by atoms with E-state index in [0.29, 0.717) is 19.3 Å². The smallest absolute Gasteiger partial charge is 0.306 e. The number of hydrogen-bond donors (Lipinski definition) is 0. The maximum Gasteiger partial charge on any atom is 0.306 e. The van der Waals surface area contributed by atoms with Crippen molar-refractivity contribution in [3.05, 3.63) is 36.5 Å². The first-order chi connectivity index (χ1) is 28.5. The molecule has 0 amide bonds. The highest BCUT2D eigenvalue weighted by atomic mass is 16.6. The first-order valence-corrected chi connectivity index (χ1v) is 25.0. The van der Waals surface area contributed by atoms with Crippen LogP contribution in [0.3, 0.4) is 0 Å². The van der Waals surface area contributed by atoms with Crippen LogP contribution in [0.5, 0.6) is 0 Å². The molecule has 0 aliphatic carbocycles. The summed E-state index contributed by atoms with van der Waals surface area (Å²) < 4.78 is 16.8. The van der Waals surface area contributed by atoms with Crippen molar-refractivity contribution in [1.29, 1.82) is 0 Å². The third-order valence-corrected chi connectivity index (χ3v) is 10.9. The Hall–Kier alpha value is -2.37. The molecule has 6 heteroatoms. The average molecular weight is 815 g/mol. The van der Waals surface area contributed by atoms with Gasteiger partial charge >= 0.3 is 17.9 Å². The second-order valence-electron chi connectivity index (χ2n) is 16.7. The van der Waals surface area contributed by atoms with E-state index >= 15 is 0 Å². The minimum absolute atomic E-state index is 0.0774. The van der Waals surface area contributed by atoms with Crippen LogP contribution in [0.15, 0.2) is 36.5 Å². The van der Waals surface area contributed by atoms with Crippen LogP contribution >= 0.6 is 0 Å². The van der Waals surface area contributed by atoms with E-state index in [2.05, 4.69) is 57.2 Å². The predicted octanol–water partition coefficient (Wildman–Crippen LogP) is 16.1. The van der Waals surface area contributed by atoms with Gasteiger partial charge in [-0.2, -0.15) is 0 Å². The normalized spacial score (nSPS) is 12.3. The zero-order chi connectivity index (χ0) is 42.3. The number of ether oxygens (including phenoxy) is 3.